The van der Waals surface area contributed by atoms with Crippen molar-refractivity contribution in [2.24, 2.45) is 0 Å². The van der Waals surface area contributed by atoms with Crippen LogP contribution in [0.15, 0.2) is 18.2 Å². The molecule has 2 unspecified atom stereocenters. The summed E-state index contributed by atoms with van der Waals surface area (Å²) in [5.41, 5.74) is -0.890. The molecule has 0 fully saturated rings. The SMILES string of the molecule is CCOC(=O)C(O)C(O)c1ccc(O)cc1[N+](=O)[O-]. The van der Waals surface area contributed by atoms with Crippen LogP contribution in [0.3, 0.4) is 0 Å². The maximum Gasteiger partial charge on any atom is 0.338 e. The van der Waals surface area contributed by atoms with Crippen LogP contribution in [0.25, 0.3) is 0 Å². The van der Waals surface area contributed by atoms with Gasteiger partial charge in [-0.1, -0.05) is 0 Å². The number of ether oxygens (including phenoxy) is 1. The first-order valence-electron chi connectivity index (χ1n) is 5.38. The highest BCUT2D eigenvalue weighted by Gasteiger charge is 2.32. The number of aromatic hydroxyl groups is 1. The van der Waals surface area contributed by atoms with E-state index in [9.17, 15) is 25.1 Å². The van der Waals surface area contributed by atoms with Crippen molar-refractivity contribution in [3.63, 3.8) is 0 Å². The fraction of sp³-hybridized carbons (Fsp3) is 0.364. The standard InChI is InChI=1S/C11H13NO7/c1-2-19-11(16)10(15)9(14)7-4-3-6(13)5-8(7)12(17)18/h3-5,9-10,13-15H,2H2,1H3. The zero-order chi connectivity index (χ0) is 14.6. The second kappa shape index (κ2) is 6.12. The van der Waals surface area contributed by atoms with Gasteiger partial charge in [-0.25, -0.2) is 4.79 Å². The van der Waals surface area contributed by atoms with Gasteiger partial charge in [-0.15, -0.1) is 0 Å². The molecule has 19 heavy (non-hydrogen) atoms. The van der Waals surface area contributed by atoms with Crippen LogP contribution in [-0.4, -0.2) is 38.9 Å². The molecule has 3 N–H and O–H groups in total. The van der Waals surface area contributed by atoms with Crippen molar-refractivity contribution in [2.45, 2.75) is 19.1 Å². The lowest BCUT2D eigenvalue weighted by Gasteiger charge is -2.16. The van der Waals surface area contributed by atoms with Gasteiger partial charge < -0.3 is 20.1 Å². The van der Waals surface area contributed by atoms with Gasteiger partial charge in [0.25, 0.3) is 5.69 Å². The average Bonchev–Trinajstić information content (AvgIpc) is 2.37. The highest BCUT2D eigenvalue weighted by atomic mass is 16.6. The van der Waals surface area contributed by atoms with Crippen LogP contribution < -0.4 is 0 Å². The Morgan fingerprint density at radius 3 is 2.63 bits per heavy atom. The summed E-state index contributed by atoms with van der Waals surface area (Å²) in [6.07, 6.45) is -3.76. The predicted molar refractivity (Wildman–Crippen MR) is 62.4 cm³/mol. The van der Waals surface area contributed by atoms with Crippen molar-refractivity contribution >= 4 is 11.7 Å². The molecule has 0 aliphatic heterocycles. The molecule has 0 saturated carbocycles. The quantitative estimate of drug-likeness (QED) is 0.397. The number of carbonyl (C=O) groups is 1. The fourth-order valence-electron chi connectivity index (χ4n) is 1.47. The molecule has 8 nitrogen and oxygen atoms in total. The van der Waals surface area contributed by atoms with Crippen molar-refractivity contribution < 1.29 is 29.8 Å². The Morgan fingerprint density at radius 2 is 2.11 bits per heavy atom. The number of nitro groups is 1. The van der Waals surface area contributed by atoms with Gasteiger partial charge in [0.05, 0.1) is 23.2 Å². The zero-order valence-corrected chi connectivity index (χ0v) is 10.0. The van der Waals surface area contributed by atoms with E-state index in [0.717, 1.165) is 18.2 Å². The molecule has 1 aromatic rings. The number of esters is 1. The Labute approximate surface area is 108 Å². The molecule has 1 aromatic carbocycles. The molecule has 8 heteroatoms. The molecule has 1 rings (SSSR count). The summed E-state index contributed by atoms with van der Waals surface area (Å²) >= 11 is 0. The summed E-state index contributed by atoms with van der Waals surface area (Å²) in [5.74, 6) is -1.45. The van der Waals surface area contributed by atoms with Gasteiger partial charge in [-0.3, -0.25) is 10.1 Å². The number of aliphatic hydroxyl groups is 2. The molecule has 104 valence electrons. The van der Waals surface area contributed by atoms with E-state index in [4.69, 9.17) is 5.11 Å². The second-order valence-electron chi connectivity index (χ2n) is 3.64. The van der Waals surface area contributed by atoms with Gasteiger partial charge in [-0.05, 0) is 19.1 Å². The Morgan fingerprint density at radius 1 is 1.47 bits per heavy atom. The second-order valence-corrected chi connectivity index (χ2v) is 3.64. The first kappa shape index (κ1) is 14.9. The number of rotatable bonds is 5. The number of hydrogen-bond donors (Lipinski definition) is 3. The summed E-state index contributed by atoms with van der Waals surface area (Å²) in [5, 5.41) is 39.2. The van der Waals surface area contributed by atoms with Crippen LogP contribution >= 0.6 is 0 Å². The van der Waals surface area contributed by atoms with Crippen molar-refractivity contribution in [3.05, 3.63) is 33.9 Å². The number of nitrogens with zero attached hydrogens (tertiary/aromatic N) is 1. The molecule has 0 amide bonds. The number of carbonyl (C=O) groups excluding carboxylic acids is 1. The third-order valence-electron chi connectivity index (χ3n) is 2.36. The Kier molecular flexibility index (Phi) is 4.79. The molecule has 0 spiro atoms. The first-order valence-corrected chi connectivity index (χ1v) is 5.38. The fourth-order valence-corrected chi connectivity index (χ4v) is 1.47. The highest BCUT2D eigenvalue weighted by Crippen LogP contribution is 2.30. The lowest BCUT2D eigenvalue weighted by molar-refractivity contribution is -0.386. The lowest BCUT2D eigenvalue weighted by Crippen LogP contribution is -2.30. The van der Waals surface area contributed by atoms with E-state index in [2.05, 4.69) is 4.74 Å². The summed E-state index contributed by atoms with van der Waals surface area (Å²) in [6.45, 7) is 1.51. The van der Waals surface area contributed by atoms with Crippen LogP contribution in [0, 0.1) is 10.1 Å². The normalized spacial score (nSPS) is 13.6. The molecule has 0 bridgehead atoms. The number of phenolic OH excluding ortho intramolecular Hbond substituents is 1. The first-order chi connectivity index (χ1) is 8.88. The minimum Gasteiger partial charge on any atom is -0.508 e. The van der Waals surface area contributed by atoms with Gasteiger partial charge in [0.1, 0.15) is 11.9 Å². The van der Waals surface area contributed by atoms with Gasteiger partial charge >= 0.3 is 5.97 Å². The largest absolute Gasteiger partial charge is 0.508 e. The summed E-state index contributed by atoms with van der Waals surface area (Å²) in [6, 6.07) is 2.97. The minimum atomic E-state index is -1.94. The van der Waals surface area contributed by atoms with E-state index >= 15 is 0 Å². The molecule has 0 heterocycles. The zero-order valence-electron chi connectivity index (χ0n) is 10.0. The van der Waals surface area contributed by atoms with Gasteiger partial charge in [0.2, 0.25) is 0 Å². The van der Waals surface area contributed by atoms with Crippen LogP contribution in [0.2, 0.25) is 0 Å². The van der Waals surface area contributed by atoms with Crippen LogP contribution in [0.4, 0.5) is 5.69 Å². The van der Waals surface area contributed by atoms with E-state index in [1.54, 1.807) is 0 Å². The number of aliphatic hydroxyl groups excluding tert-OH is 2. The monoisotopic (exact) mass is 271 g/mol. The van der Waals surface area contributed by atoms with Gasteiger partial charge in [0, 0.05) is 0 Å². The number of benzene rings is 1. The van der Waals surface area contributed by atoms with Crippen molar-refractivity contribution in [1.29, 1.82) is 0 Å². The van der Waals surface area contributed by atoms with E-state index in [1.807, 2.05) is 0 Å². The Balaban J connectivity index is 3.08. The summed E-state index contributed by atoms with van der Waals surface area (Å²) in [7, 11) is 0. The minimum absolute atomic E-state index is 0.000282. The van der Waals surface area contributed by atoms with Crippen molar-refractivity contribution in [2.75, 3.05) is 6.61 Å². The third-order valence-corrected chi connectivity index (χ3v) is 2.36. The lowest BCUT2D eigenvalue weighted by atomic mass is 10.0. The van der Waals surface area contributed by atoms with E-state index in [1.165, 1.54) is 6.92 Å². The van der Waals surface area contributed by atoms with E-state index in [0.29, 0.717) is 0 Å². The summed E-state index contributed by atoms with van der Waals surface area (Å²) < 4.78 is 4.50. The van der Waals surface area contributed by atoms with Gasteiger partial charge in [-0.2, -0.15) is 0 Å². The van der Waals surface area contributed by atoms with Crippen LogP contribution in [0.5, 0.6) is 5.75 Å². The molecule has 0 saturated heterocycles. The predicted octanol–water partition coefficient (Wildman–Crippen LogP) is 0.258. The molecule has 0 radical (unpaired) electrons. The summed E-state index contributed by atoms with van der Waals surface area (Å²) in [4.78, 5) is 21.2. The van der Waals surface area contributed by atoms with Crippen LogP contribution in [-0.2, 0) is 9.53 Å². The maximum absolute atomic E-state index is 11.3. The molecular weight excluding hydrogens is 258 g/mol. The topological polar surface area (TPSA) is 130 Å². The smallest absolute Gasteiger partial charge is 0.338 e. The Hall–Kier alpha value is -2.19. The highest BCUT2D eigenvalue weighted by molar-refractivity contribution is 5.75. The number of phenols is 1. The van der Waals surface area contributed by atoms with E-state index in [-0.39, 0.29) is 17.9 Å². The molecule has 0 aliphatic rings. The maximum atomic E-state index is 11.3. The molecule has 2 atom stereocenters. The van der Waals surface area contributed by atoms with Crippen molar-refractivity contribution in [3.8, 4) is 5.75 Å². The van der Waals surface area contributed by atoms with E-state index < -0.39 is 28.8 Å². The molecule has 0 aliphatic carbocycles. The van der Waals surface area contributed by atoms with Gasteiger partial charge in [0.15, 0.2) is 6.10 Å². The third kappa shape index (κ3) is 3.39. The Bertz CT molecular complexity index is 488. The number of hydrogen-bond acceptors (Lipinski definition) is 7. The molecule has 0 aromatic heterocycles. The van der Waals surface area contributed by atoms with Crippen molar-refractivity contribution in [1.82, 2.24) is 0 Å². The molecular formula is C11H13NO7. The average molecular weight is 271 g/mol. The van der Waals surface area contributed by atoms with Crippen LogP contribution in [0.1, 0.15) is 18.6 Å². The number of nitro benzene ring substituents is 1.